The third-order valence-electron chi connectivity index (χ3n) is 2.12. The molecule has 17 heavy (non-hydrogen) atoms. The van der Waals surface area contributed by atoms with E-state index in [0.717, 1.165) is 6.07 Å². The van der Waals surface area contributed by atoms with Crippen LogP contribution in [-0.4, -0.2) is 15.0 Å². The van der Waals surface area contributed by atoms with Gasteiger partial charge in [-0.2, -0.15) is 0 Å². The average molecular weight is 242 g/mol. The second-order valence-electron chi connectivity index (χ2n) is 3.48. The van der Waals surface area contributed by atoms with E-state index in [2.05, 4.69) is 15.6 Å². The van der Waals surface area contributed by atoms with E-state index < -0.39 is 17.5 Å². The van der Waals surface area contributed by atoms with Crippen LogP contribution in [0, 0.1) is 17.5 Å². The number of benzene rings is 1. The van der Waals surface area contributed by atoms with E-state index in [1.54, 1.807) is 13.2 Å². The molecule has 0 amide bonds. The second-order valence-corrected chi connectivity index (χ2v) is 3.48. The summed E-state index contributed by atoms with van der Waals surface area (Å²) in [5, 5.41) is 10.1. The number of hydrogen-bond acceptors (Lipinski definition) is 3. The summed E-state index contributed by atoms with van der Waals surface area (Å²) >= 11 is 0. The molecule has 2 rings (SSSR count). The largest absolute Gasteiger partial charge is 0.377 e. The van der Waals surface area contributed by atoms with Gasteiger partial charge in [0.05, 0.1) is 12.2 Å². The van der Waals surface area contributed by atoms with E-state index in [4.69, 9.17) is 0 Å². The summed E-state index contributed by atoms with van der Waals surface area (Å²) in [5.41, 5.74) is 0.450. The Kier molecular flexibility index (Phi) is 2.99. The zero-order chi connectivity index (χ0) is 12.4. The average Bonchev–Trinajstić information content (AvgIpc) is 2.68. The molecule has 7 heteroatoms. The van der Waals surface area contributed by atoms with E-state index in [0.29, 0.717) is 11.8 Å². The molecule has 0 aliphatic carbocycles. The second kappa shape index (κ2) is 4.44. The smallest absolute Gasteiger partial charge is 0.161 e. The van der Waals surface area contributed by atoms with Crippen LogP contribution in [0.15, 0.2) is 18.3 Å². The Balaban J connectivity index is 2.11. The highest BCUT2D eigenvalue weighted by Gasteiger charge is 2.09. The molecule has 0 aliphatic heterocycles. The van der Waals surface area contributed by atoms with Crippen molar-refractivity contribution in [2.75, 3.05) is 5.32 Å². The molecule has 0 bridgehead atoms. The van der Waals surface area contributed by atoms with Gasteiger partial charge in [-0.15, -0.1) is 5.10 Å². The highest BCUT2D eigenvalue weighted by atomic mass is 19.2. The summed E-state index contributed by atoms with van der Waals surface area (Å²) in [7, 11) is 1.69. The van der Waals surface area contributed by atoms with Gasteiger partial charge in [-0.25, -0.2) is 13.2 Å². The van der Waals surface area contributed by atoms with E-state index in [1.165, 1.54) is 4.68 Å². The highest BCUT2D eigenvalue weighted by Crippen LogP contribution is 2.18. The van der Waals surface area contributed by atoms with Gasteiger partial charge < -0.3 is 5.32 Å². The molecule has 0 fully saturated rings. The zero-order valence-corrected chi connectivity index (χ0v) is 8.91. The Morgan fingerprint density at radius 1 is 1.18 bits per heavy atom. The quantitative estimate of drug-likeness (QED) is 0.835. The van der Waals surface area contributed by atoms with Crippen LogP contribution in [0.4, 0.5) is 18.9 Å². The first kappa shape index (κ1) is 11.4. The fourth-order valence-electron chi connectivity index (χ4n) is 1.32. The maximum absolute atomic E-state index is 13.2. The standard InChI is InChI=1S/C10H9F3N4/c1-17-5-6(15-16-17)4-14-10-3-8(12)7(11)2-9(10)13/h2-3,5,14H,4H2,1H3. The summed E-state index contributed by atoms with van der Waals surface area (Å²) in [6.07, 6.45) is 1.63. The van der Waals surface area contributed by atoms with Gasteiger partial charge >= 0.3 is 0 Å². The first-order valence-electron chi connectivity index (χ1n) is 4.80. The van der Waals surface area contributed by atoms with Gasteiger partial charge in [0, 0.05) is 25.4 Å². The number of rotatable bonds is 3. The maximum atomic E-state index is 13.2. The topological polar surface area (TPSA) is 42.7 Å². The van der Waals surface area contributed by atoms with Crippen molar-refractivity contribution in [3.8, 4) is 0 Å². The van der Waals surface area contributed by atoms with E-state index in [9.17, 15) is 13.2 Å². The first-order valence-corrected chi connectivity index (χ1v) is 4.80. The Morgan fingerprint density at radius 2 is 1.88 bits per heavy atom. The van der Waals surface area contributed by atoms with Gasteiger partial charge in [0.2, 0.25) is 0 Å². The zero-order valence-electron chi connectivity index (χ0n) is 8.91. The Morgan fingerprint density at radius 3 is 2.53 bits per heavy atom. The van der Waals surface area contributed by atoms with Crippen LogP contribution < -0.4 is 5.32 Å². The molecule has 0 unspecified atom stereocenters. The highest BCUT2D eigenvalue weighted by molar-refractivity contribution is 5.45. The number of nitrogens with one attached hydrogen (secondary N) is 1. The van der Waals surface area contributed by atoms with Crippen molar-refractivity contribution in [3.05, 3.63) is 41.5 Å². The molecule has 0 saturated heterocycles. The molecular formula is C10H9F3N4. The summed E-state index contributed by atoms with van der Waals surface area (Å²) in [4.78, 5) is 0. The molecule has 4 nitrogen and oxygen atoms in total. The lowest BCUT2D eigenvalue weighted by Gasteiger charge is -2.06. The summed E-state index contributed by atoms with van der Waals surface area (Å²) < 4.78 is 40.2. The molecule has 2 aromatic rings. The number of hydrogen-bond donors (Lipinski definition) is 1. The number of nitrogens with zero attached hydrogens (tertiary/aromatic N) is 3. The van der Waals surface area contributed by atoms with Crippen molar-refractivity contribution in [2.24, 2.45) is 7.05 Å². The predicted molar refractivity (Wildman–Crippen MR) is 54.6 cm³/mol. The SMILES string of the molecule is Cn1cc(CNc2cc(F)c(F)cc2F)nn1. The lowest BCUT2D eigenvalue weighted by molar-refractivity contribution is 0.496. The van der Waals surface area contributed by atoms with Gasteiger partial charge in [-0.3, -0.25) is 4.68 Å². The molecule has 1 heterocycles. The Hall–Kier alpha value is -2.05. The number of aromatic nitrogens is 3. The van der Waals surface area contributed by atoms with Crippen molar-refractivity contribution >= 4 is 5.69 Å². The van der Waals surface area contributed by atoms with Crippen molar-refractivity contribution < 1.29 is 13.2 Å². The van der Waals surface area contributed by atoms with Gasteiger partial charge in [-0.1, -0.05) is 5.21 Å². The van der Waals surface area contributed by atoms with Gasteiger partial charge in [0.1, 0.15) is 11.5 Å². The van der Waals surface area contributed by atoms with Crippen LogP contribution in [0.25, 0.3) is 0 Å². The van der Waals surface area contributed by atoms with Gasteiger partial charge in [0.25, 0.3) is 0 Å². The normalized spacial score (nSPS) is 10.6. The third kappa shape index (κ3) is 2.55. The molecule has 0 aliphatic rings. The summed E-state index contributed by atoms with van der Waals surface area (Å²) in [6.45, 7) is 0.176. The first-order chi connectivity index (χ1) is 8.06. The van der Waals surface area contributed by atoms with Crippen LogP contribution >= 0.6 is 0 Å². The van der Waals surface area contributed by atoms with Crippen LogP contribution in [0.1, 0.15) is 5.69 Å². The minimum absolute atomic E-state index is 0.116. The molecular weight excluding hydrogens is 233 g/mol. The predicted octanol–water partition coefficient (Wildman–Crippen LogP) is 1.84. The van der Waals surface area contributed by atoms with E-state index >= 15 is 0 Å². The summed E-state index contributed by atoms with van der Waals surface area (Å²) in [5.74, 6) is -3.17. The minimum atomic E-state index is -1.22. The summed E-state index contributed by atoms with van der Waals surface area (Å²) in [6, 6.07) is 1.26. The number of halogens is 3. The van der Waals surface area contributed by atoms with Crippen LogP contribution in [0.5, 0.6) is 0 Å². The molecule has 0 saturated carbocycles. The third-order valence-corrected chi connectivity index (χ3v) is 2.12. The maximum Gasteiger partial charge on any atom is 0.161 e. The fourth-order valence-corrected chi connectivity index (χ4v) is 1.32. The van der Waals surface area contributed by atoms with Crippen molar-refractivity contribution in [1.82, 2.24) is 15.0 Å². The molecule has 0 radical (unpaired) electrons. The molecule has 90 valence electrons. The van der Waals surface area contributed by atoms with Crippen LogP contribution in [0.2, 0.25) is 0 Å². The fraction of sp³-hybridized carbons (Fsp3) is 0.200. The van der Waals surface area contributed by atoms with E-state index in [-0.39, 0.29) is 12.2 Å². The molecule has 1 aromatic carbocycles. The van der Waals surface area contributed by atoms with Crippen molar-refractivity contribution in [1.29, 1.82) is 0 Å². The lowest BCUT2D eigenvalue weighted by atomic mass is 10.2. The van der Waals surface area contributed by atoms with Crippen LogP contribution in [-0.2, 0) is 13.6 Å². The van der Waals surface area contributed by atoms with Crippen molar-refractivity contribution in [2.45, 2.75) is 6.54 Å². The molecule has 0 spiro atoms. The van der Waals surface area contributed by atoms with Gasteiger partial charge in [-0.05, 0) is 0 Å². The minimum Gasteiger partial charge on any atom is -0.377 e. The Labute approximate surface area is 95.1 Å². The van der Waals surface area contributed by atoms with E-state index in [1.807, 2.05) is 0 Å². The Bertz CT molecular complexity index is 538. The van der Waals surface area contributed by atoms with Crippen molar-refractivity contribution in [3.63, 3.8) is 0 Å². The monoisotopic (exact) mass is 242 g/mol. The molecule has 1 aromatic heterocycles. The van der Waals surface area contributed by atoms with Gasteiger partial charge in [0.15, 0.2) is 11.6 Å². The lowest BCUT2D eigenvalue weighted by Crippen LogP contribution is -2.03. The van der Waals surface area contributed by atoms with Crippen LogP contribution in [0.3, 0.4) is 0 Å². The molecule has 0 atom stereocenters. The molecule has 1 N–H and O–H groups in total. The number of anilines is 1. The number of aryl methyl sites for hydroxylation is 1.